The van der Waals surface area contributed by atoms with Gasteiger partial charge >= 0.3 is 0 Å². The molecule has 1 N–H and O–H groups in total. The van der Waals surface area contributed by atoms with E-state index in [1.54, 1.807) is 18.2 Å². The number of benzene rings is 1. The van der Waals surface area contributed by atoms with Crippen LogP contribution in [0, 0.1) is 25.6 Å². The topological polar surface area (TPSA) is 46.9 Å². The van der Waals surface area contributed by atoms with Gasteiger partial charge in [-0.3, -0.25) is 4.79 Å². The molecule has 2 aromatic rings. The van der Waals surface area contributed by atoms with Crippen molar-refractivity contribution < 1.29 is 9.18 Å². The lowest BCUT2D eigenvalue weighted by molar-refractivity contribution is -0.113. The zero-order chi connectivity index (χ0) is 17.0. The molecule has 0 saturated heterocycles. The first-order valence-corrected chi connectivity index (χ1v) is 8.58. The summed E-state index contributed by atoms with van der Waals surface area (Å²) in [5, 5.41) is 3.42. The number of halogens is 1. The van der Waals surface area contributed by atoms with Crippen molar-refractivity contribution in [2.75, 3.05) is 11.1 Å². The van der Waals surface area contributed by atoms with E-state index in [9.17, 15) is 9.18 Å². The molecule has 0 fully saturated rings. The Morgan fingerprint density at radius 1 is 1.35 bits per heavy atom. The minimum Gasteiger partial charge on any atom is -0.323 e. The molecule has 0 radical (unpaired) electrons. The highest BCUT2D eigenvalue weighted by Crippen LogP contribution is 2.23. The van der Waals surface area contributed by atoms with E-state index in [0.717, 1.165) is 23.1 Å². The van der Waals surface area contributed by atoms with Crippen molar-refractivity contribution in [3.8, 4) is 0 Å². The quantitative estimate of drug-likeness (QED) is 0.811. The monoisotopic (exact) mass is 335 g/mol. The van der Waals surface area contributed by atoms with E-state index < -0.39 is 5.82 Å². The number of carbonyl (C=O) groups excluding carboxylic acids is 1. The summed E-state index contributed by atoms with van der Waals surface area (Å²) in [7, 11) is 0. The molecule has 124 valence electrons. The molecule has 0 aliphatic heterocycles. The maximum absolute atomic E-state index is 13.5. The summed E-state index contributed by atoms with van der Waals surface area (Å²) in [5.74, 6) is 0.0183. The lowest BCUT2D eigenvalue weighted by Gasteiger charge is -2.12. The fraction of sp³-hybridized carbons (Fsp3) is 0.412. The maximum atomic E-state index is 13.5. The summed E-state index contributed by atoms with van der Waals surface area (Å²) >= 11 is 1.37. The van der Waals surface area contributed by atoms with Crippen LogP contribution in [0.5, 0.6) is 0 Å². The number of nitrogens with zero attached hydrogens (tertiary/aromatic N) is 2. The number of hydrogen-bond donors (Lipinski definition) is 1. The Balaban J connectivity index is 2.02. The van der Waals surface area contributed by atoms with E-state index in [4.69, 9.17) is 0 Å². The predicted molar refractivity (Wildman–Crippen MR) is 92.3 cm³/mol. The average Bonchev–Trinajstić information content (AvgIpc) is 2.75. The van der Waals surface area contributed by atoms with Crippen molar-refractivity contribution in [1.29, 1.82) is 0 Å². The zero-order valence-electron chi connectivity index (χ0n) is 13.9. The van der Waals surface area contributed by atoms with E-state index in [-0.39, 0.29) is 17.3 Å². The van der Waals surface area contributed by atoms with Crippen molar-refractivity contribution in [2.24, 2.45) is 5.92 Å². The van der Waals surface area contributed by atoms with Gasteiger partial charge < -0.3 is 9.88 Å². The third-order valence-electron chi connectivity index (χ3n) is 3.45. The van der Waals surface area contributed by atoms with Crippen molar-refractivity contribution in [1.82, 2.24) is 9.55 Å². The van der Waals surface area contributed by atoms with E-state index >= 15 is 0 Å². The van der Waals surface area contributed by atoms with Gasteiger partial charge in [-0.25, -0.2) is 9.37 Å². The molecule has 0 saturated carbocycles. The molecule has 1 aromatic heterocycles. The van der Waals surface area contributed by atoms with E-state index in [2.05, 4.69) is 28.7 Å². The molecule has 1 aromatic carbocycles. The lowest BCUT2D eigenvalue weighted by Crippen LogP contribution is -2.16. The van der Waals surface area contributed by atoms with Crippen molar-refractivity contribution >= 4 is 23.4 Å². The third-order valence-corrected chi connectivity index (χ3v) is 4.43. The number of aromatic nitrogens is 2. The Kier molecular flexibility index (Phi) is 5.82. The van der Waals surface area contributed by atoms with Gasteiger partial charge in [0.2, 0.25) is 5.91 Å². The molecule has 1 heterocycles. The number of amides is 1. The SMILES string of the molecule is Cc1nc(SCC(=O)Nc2ccccc2F)n(CC(C)C)c1C. The smallest absolute Gasteiger partial charge is 0.234 e. The predicted octanol–water partition coefficient (Wildman–Crippen LogP) is 4.03. The molecule has 0 bridgehead atoms. The Morgan fingerprint density at radius 2 is 2.04 bits per heavy atom. The highest BCUT2D eigenvalue weighted by molar-refractivity contribution is 7.99. The zero-order valence-corrected chi connectivity index (χ0v) is 14.7. The number of aryl methyl sites for hydroxylation is 1. The van der Waals surface area contributed by atoms with Crippen molar-refractivity contribution in [2.45, 2.75) is 39.4 Å². The highest BCUT2D eigenvalue weighted by atomic mass is 32.2. The number of rotatable bonds is 6. The minimum absolute atomic E-state index is 0.197. The molecule has 4 nitrogen and oxygen atoms in total. The first-order valence-electron chi connectivity index (χ1n) is 7.59. The first-order chi connectivity index (χ1) is 10.9. The number of thioether (sulfide) groups is 1. The van der Waals surface area contributed by atoms with Gasteiger partial charge in [0.05, 0.1) is 17.1 Å². The standard InChI is InChI=1S/C17H22FN3OS/c1-11(2)9-21-13(4)12(3)19-17(21)23-10-16(22)20-15-8-6-5-7-14(15)18/h5-8,11H,9-10H2,1-4H3,(H,20,22). The van der Waals surface area contributed by atoms with Crippen LogP contribution in [-0.4, -0.2) is 21.2 Å². The van der Waals surface area contributed by atoms with Gasteiger partial charge in [-0.15, -0.1) is 0 Å². The normalized spacial score (nSPS) is 11.0. The Labute approximate surface area is 140 Å². The van der Waals surface area contributed by atoms with Crippen LogP contribution in [0.15, 0.2) is 29.4 Å². The molecule has 0 atom stereocenters. The van der Waals surface area contributed by atoms with Crippen molar-refractivity contribution in [3.05, 3.63) is 41.5 Å². The molecule has 0 spiro atoms. The number of anilines is 1. The van der Waals surface area contributed by atoms with Crippen LogP contribution in [0.3, 0.4) is 0 Å². The summed E-state index contributed by atoms with van der Waals surface area (Å²) < 4.78 is 15.7. The largest absolute Gasteiger partial charge is 0.323 e. The Morgan fingerprint density at radius 3 is 2.70 bits per heavy atom. The molecule has 0 aliphatic carbocycles. The van der Waals surface area contributed by atoms with Gasteiger partial charge in [0.1, 0.15) is 5.82 Å². The Bertz CT molecular complexity index is 697. The van der Waals surface area contributed by atoms with Crippen LogP contribution in [0.4, 0.5) is 10.1 Å². The lowest BCUT2D eigenvalue weighted by atomic mass is 10.2. The van der Waals surface area contributed by atoms with E-state index in [1.807, 2.05) is 13.8 Å². The van der Waals surface area contributed by atoms with Crippen LogP contribution in [-0.2, 0) is 11.3 Å². The first kappa shape index (κ1) is 17.5. The third kappa shape index (κ3) is 4.58. The van der Waals surface area contributed by atoms with Crippen LogP contribution >= 0.6 is 11.8 Å². The van der Waals surface area contributed by atoms with Gasteiger partial charge in [0, 0.05) is 12.2 Å². The van der Waals surface area contributed by atoms with Crippen molar-refractivity contribution in [3.63, 3.8) is 0 Å². The summed E-state index contributed by atoms with van der Waals surface area (Å²) in [5.41, 5.74) is 2.30. The number of carbonyl (C=O) groups is 1. The molecule has 6 heteroatoms. The maximum Gasteiger partial charge on any atom is 0.234 e. The average molecular weight is 335 g/mol. The molecule has 1 amide bonds. The molecule has 0 aliphatic rings. The molecule has 23 heavy (non-hydrogen) atoms. The van der Waals surface area contributed by atoms with Gasteiger partial charge in [-0.2, -0.15) is 0 Å². The van der Waals surface area contributed by atoms with Gasteiger partial charge in [0.15, 0.2) is 5.16 Å². The van der Waals surface area contributed by atoms with Gasteiger partial charge in [0.25, 0.3) is 0 Å². The fourth-order valence-electron chi connectivity index (χ4n) is 2.19. The van der Waals surface area contributed by atoms with E-state index in [0.29, 0.717) is 5.92 Å². The fourth-order valence-corrected chi connectivity index (χ4v) is 3.09. The Hall–Kier alpha value is -1.82. The second-order valence-electron chi connectivity index (χ2n) is 5.89. The summed E-state index contributed by atoms with van der Waals surface area (Å²) in [6.45, 7) is 9.16. The summed E-state index contributed by atoms with van der Waals surface area (Å²) in [6, 6.07) is 6.15. The second kappa shape index (κ2) is 7.64. The minimum atomic E-state index is -0.432. The number of hydrogen-bond acceptors (Lipinski definition) is 3. The van der Waals surface area contributed by atoms with Gasteiger partial charge in [-0.05, 0) is 31.9 Å². The number of para-hydroxylation sites is 1. The summed E-state index contributed by atoms with van der Waals surface area (Å²) in [4.78, 5) is 16.6. The summed E-state index contributed by atoms with van der Waals surface area (Å²) in [6.07, 6.45) is 0. The van der Waals surface area contributed by atoms with Gasteiger partial charge in [-0.1, -0.05) is 37.7 Å². The van der Waals surface area contributed by atoms with E-state index in [1.165, 1.54) is 17.8 Å². The number of imidazole rings is 1. The van der Waals surface area contributed by atoms with Crippen LogP contribution < -0.4 is 5.32 Å². The number of nitrogens with one attached hydrogen (secondary N) is 1. The van der Waals surface area contributed by atoms with Crippen LogP contribution in [0.25, 0.3) is 0 Å². The second-order valence-corrected chi connectivity index (χ2v) is 6.83. The molecular weight excluding hydrogens is 313 g/mol. The van der Waals surface area contributed by atoms with Crippen LogP contribution in [0.2, 0.25) is 0 Å². The molecular formula is C17H22FN3OS. The highest BCUT2D eigenvalue weighted by Gasteiger charge is 2.14. The molecule has 2 rings (SSSR count). The van der Waals surface area contributed by atoms with Crippen LogP contribution in [0.1, 0.15) is 25.2 Å². The molecule has 0 unspecified atom stereocenters.